The van der Waals surface area contributed by atoms with Gasteiger partial charge >= 0.3 is 0 Å². The van der Waals surface area contributed by atoms with Crippen LogP contribution in [0.5, 0.6) is 0 Å². The Morgan fingerprint density at radius 1 is 1.19 bits per heavy atom. The fourth-order valence-electron chi connectivity index (χ4n) is 2.17. The van der Waals surface area contributed by atoms with E-state index in [0.29, 0.717) is 15.1 Å². The molecule has 0 unspecified atom stereocenters. The van der Waals surface area contributed by atoms with E-state index >= 15 is 0 Å². The number of hydrogen-bond donors (Lipinski definition) is 0. The van der Waals surface area contributed by atoms with E-state index in [-0.39, 0.29) is 11.4 Å². The normalized spacial score (nSPS) is 18.2. The third-order valence-electron chi connectivity index (χ3n) is 3.37. The number of carbonyl (C=O) groups excluding carboxylic acids is 1. The van der Waals surface area contributed by atoms with E-state index in [1.807, 2.05) is 26.8 Å². The van der Waals surface area contributed by atoms with Gasteiger partial charge < -0.3 is 0 Å². The summed E-state index contributed by atoms with van der Waals surface area (Å²) < 4.78 is 0.637. The lowest BCUT2D eigenvalue weighted by atomic mass is 10.0. The Morgan fingerprint density at radius 3 is 2.19 bits per heavy atom. The van der Waals surface area contributed by atoms with Gasteiger partial charge in [-0.3, -0.25) is 9.69 Å². The van der Waals surface area contributed by atoms with Crippen LogP contribution in [0.4, 0.5) is 0 Å². The second-order valence-corrected chi connectivity index (χ2v) is 8.19. The molecular weight excluding hydrogens is 298 g/mol. The first kappa shape index (κ1) is 16.2. The highest BCUT2D eigenvalue weighted by Crippen LogP contribution is 2.36. The van der Waals surface area contributed by atoms with Crippen molar-refractivity contribution in [3.63, 3.8) is 0 Å². The molecule has 2 nitrogen and oxygen atoms in total. The summed E-state index contributed by atoms with van der Waals surface area (Å²) >= 11 is 6.72. The number of thioether (sulfide) groups is 1. The van der Waals surface area contributed by atoms with Crippen LogP contribution >= 0.6 is 24.0 Å². The van der Waals surface area contributed by atoms with Gasteiger partial charge in [-0.15, -0.1) is 0 Å². The number of thiocarbonyl (C=S) groups is 1. The van der Waals surface area contributed by atoms with Gasteiger partial charge in [0.1, 0.15) is 4.32 Å². The molecule has 4 heteroatoms. The molecule has 0 N–H and O–H groups in total. The molecule has 0 aliphatic carbocycles. The predicted molar refractivity (Wildman–Crippen MR) is 95.3 cm³/mol. The molecule has 1 aromatic rings. The Labute approximate surface area is 136 Å². The first-order chi connectivity index (χ1) is 9.70. The fourth-order valence-corrected chi connectivity index (χ4v) is 3.81. The molecular formula is C17H21NOS2. The SMILES string of the molecule is CC(C)c1ccc(C=C2SC(=S)N(C(C)(C)C)C2=O)cc1. The number of hydrogen-bond acceptors (Lipinski definition) is 3. The Kier molecular flexibility index (Phi) is 4.59. The summed E-state index contributed by atoms with van der Waals surface area (Å²) in [5, 5.41) is 0. The summed E-state index contributed by atoms with van der Waals surface area (Å²) in [5.74, 6) is 0.517. The zero-order chi connectivity index (χ0) is 15.8. The first-order valence-electron chi connectivity index (χ1n) is 7.08. The van der Waals surface area contributed by atoms with E-state index in [2.05, 4.69) is 38.1 Å². The van der Waals surface area contributed by atoms with Crippen LogP contribution in [0, 0.1) is 0 Å². The van der Waals surface area contributed by atoms with Gasteiger partial charge in [-0.05, 0) is 43.9 Å². The molecule has 0 saturated carbocycles. The third-order valence-corrected chi connectivity index (χ3v) is 4.67. The quantitative estimate of drug-likeness (QED) is 0.576. The molecule has 21 heavy (non-hydrogen) atoms. The van der Waals surface area contributed by atoms with Gasteiger partial charge in [0.05, 0.1) is 4.91 Å². The zero-order valence-corrected chi connectivity index (χ0v) is 14.8. The average molecular weight is 319 g/mol. The van der Waals surface area contributed by atoms with Crippen molar-refractivity contribution < 1.29 is 4.79 Å². The van der Waals surface area contributed by atoms with Crippen LogP contribution in [0.3, 0.4) is 0 Å². The number of nitrogens with zero attached hydrogens (tertiary/aromatic N) is 1. The molecule has 1 aromatic carbocycles. The molecule has 2 rings (SSSR count). The molecule has 112 valence electrons. The molecule has 1 saturated heterocycles. The van der Waals surface area contributed by atoms with Crippen molar-refractivity contribution in [2.45, 2.75) is 46.1 Å². The van der Waals surface area contributed by atoms with Crippen LogP contribution in [0.1, 0.15) is 51.7 Å². The Bertz CT molecular complexity index is 594. The topological polar surface area (TPSA) is 20.3 Å². The maximum absolute atomic E-state index is 12.5. The molecule has 0 radical (unpaired) electrons. The van der Waals surface area contributed by atoms with E-state index in [9.17, 15) is 4.79 Å². The number of carbonyl (C=O) groups is 1. The molecule has 0 spiro atoms. The Morgan fingerprint density at radius 2 is 1.76 bits per heavy atom. The molecule has 0 aromatic heterocycles. The highest BCUT2D eigenvalue weighted by atomic mass is 32.2. The standard InChI is InChI=1S/C17H21NOS2/c1-11(2)13-8-6-12(7-9-13)10-14-15(19)18(16(20)21-14)17(3,4)5/h6-11H,1-5H3. The number of benzene rings is 1. The maximum Gasteiger partial charge on any atom is 0.266 e. The second-order valence-electron chi connectivity index (χ2n) is 6.51. The average Bonchev–Trinajstić information content (AvgIpc) is 2.64. The van der Waals surface area contributed by atoms with Crippen molar-refractivity contribution in [3.05, 3.63) is 40.3 Å². The van der Waals surface area contributed by atoms with Crippen LogP contribution in [-0.2, 0) is 4.79 Å². The molecule has 1 heterocycles. The number of amides is 1. The Balaban J connectivity index is 2.26. The summed E-state index contributed by atoms with van der Waals surface area (Å²) in [4.78, 5) is 14.9. The molecule has 0 atom stereocenters. The highest BCUT2D eigenvalue weighted by Gasteiger charge is 2.38. The number of rotatable bonds is 2. The maximum atomic E-state index is 12.5. The monoisotopic (exact) mass is 319 g/mol. The molecule has 1 aliphatic heterocycles. The summed E-state index contributed by atoms with van der Waals surface area (Å²) in [6.45, 7) is 10.3. The van der Waals surface area contributed by atoms with Crippen LogP contribution in [0.15, 0.2) is 29.2 Å². The first-order valence-corrected chi connectivity index (χ1v) is 8.30. The van der Waals surface area contributed by atoms with Gasteiger partial charge in [0.15, 0.2) is 0 Å². The second kappa shape index (κ2) is 5.93. The molecule has 1 amide bonds. The minimum atomic E-state index is -0.280. The lowest BCUT2D eigenvalue weighted by Crippen LogP contribution is -2.44. The highest BCUT2D eigenvalue weighted by molar-refractivity contribution is 8.26. The summed E-state index contributed by atoms with van der Waals surface area (Å²) in [6, 6.07) is 8.33. The van der Waals surface area contributed by atoms with Gasteiger partial charge in [-0.1, -0.05) is 62.1 Å². The summed E-state index contributed by atoms with van der Waals surface area (Å²) in [7, 11) is 0. The van der Waals surface area contributed by atoms with E-state index in [4.69, 9.17) is 12.2 Å². The van der Waals surface area contributed by atoms with Crippen LogP contribution in [-0.4, -0.2) is 20.7 Å². The van der Waals surface area contributed by atoms with E-state index in [1.165, 1.54) is 17.3 Å². The minimum absolute atomic E-state index is 0.00503. The van der Waals surface area contributed by atoms with Crippen molar-refractivity contribution in [3.8, 4) is 0 Å². The fraction of sp³-hybridized carbons (Fsp3) is 0.412. The third kappa shape index (κ3) is 3.55. The van der Waals surface area contributed by atoms with Crippen molar-refractivity contribution in [2.24, 2.45) is 0 Å². The van der Waals surface area contributed by atoms with Crippen molar-refractivity contribution >= 4 is 40.3 Å². The van der Waals surface area contributed by atoms with Gasteiger partial charge in [-0.2, -0.15) is 0 Å². The van der Waals surface area contributed by atoms with Crippen LogP contribution in [0.25, 0.3) is 6.08 Å². The van der Waals surface area contributed by atoms with E-state index in [0.717, 1.165) is 5.56 Å². The molecule has 1 aliphatic rings. The van der Waals surface area contributed by atoms with Crippen LogP contribution < -0.4 is 0 Å². The van der Waals surface area contributed by atoms with Gasteiger partial charge in [0.2, 0.25) is 0 Å². The molecule has 0 bridgehead atoms. The molecule has 1 fully saturated rings. The van der Waals surface area contributed by atoms with Gasteiger partial charge in [-0.25, -0.2) is 0 Å². The van der Waals surface area contributed by atoms with Crippen molar-refractivity contribution in [1.29, 1.82) is 0 Å². The largest absolute Gasteiger partial charge is 0.288 e. The summed E-state index contributed by atoms with van der Waals surface area (Å²) in [5.41, 5.74) is 2.06. The predicted octanol–water partition coefficient (Wildman–Crippen LogP) is 4.81. The van der Waals surface area contributed by atoms with E-state index in [1.54, 1.807) is 4.90 Å². The van der Waals surface area contributed by atoms with E-state index < -0.39 is 0 Å². The smallest absolute Gasteiger partial charge is 0.266 e. The van der Waals surface area contributed by atoms with Crippen molar-refractivity contribution in [2.75, 3.05) is 0 Å². The summed E-state index contributed by atoms with van der Waals surface area (Å²) in [6.07, 6.45) is 1.93. The van der Waals surface area contributed by atoms with Crippen LogP contribution in [0.2, 0.25) is 0 Å². The minimum Gasteiger partial charge on any atom is -0.288 e. The van der Waals surface area contributed by atoms with Crippen molar-refractivity contribution in [1.82, 2.24) is 4.90 Å². The zero-order valence-electron chi connectivity index (χ0n) is 13.1. The lowest BCUT2D eigenvalue weighted by molar-refractivity contribution is -0.125. The van der Waals surface area contributed by atoms with Gasteiger partial charge in [0, 0.05) is 5.54 Å². The Hall–Kier alpha value is -1.13. The lowest BCUT2D eigenvalue weighted by Gasteiger charge is -2.30. The van der Waals surface area contributed by atoms with Gasteiger partial charge in [0.25, 0.3) is 5.91 Å².